The van der Waals surface area contributed by atoms with Crippen molar-refractivity contribution in [3.63, 3.8) is 0 Å². The number of nitrogens with one attached hydrogen (secondary N) is 1. The summed E-state index contributed by atoms with van der Waals surface area (Å²) >= 11 is 0. The van der Waals surface area contributed by atoms with Gasteiger partial charge < -0.3 is 14.8 Å². The highest BCUT2D eigenvalue weighted by Crippen LogP contribution is 2.27. The zero-order valence-corrected chi connectivity index (χ0v) is 15.0. The molecule has 138 valence electrons. The quantitative estimate of drug-likeness (QED) is 0.900. The van der Waals surface area contributed by atoms with Gasteiger partial charge in [0.25, 0.3) is 0 Å². The molecule has 1 N–H and O–H groups in total. The molecule has 1 aromatic carbocycles. The highest BCUT2D eigenvalue weighted by Gasteiger charge is 2.42. The normalized spacial score (nSPS) is 21.4. The van der Waals surface area contributed by atoms with Gasteiger partial charge in [-0.2, -0.15) is 0 Å². The topological polar surface area (TPSA) is 59.7 Å². The maximum Gasteiger partial charge on any atom is 0.227 e. The van der Waals surface area contributed by atoms with Gasteiger partial charge in [-0.05, 0) is 18.2 Å². The molecule has 0 aliphatic carbocycles. The first-order valence-corrected chi connectivity index (χ1v) is 8.91. The maximum absolute atomic E-state index is 13.8. The number of rotatable bonds is 4. The Morgan fingerprint density at radius 1 is 1.31 bits per heavy atom. The maximum atomic E-state index is 13.8. The van der Waals surface area contributed by atoms with Crippen LogP contribution in [0.3, 0.4) is 0 Å². The highest BCUT2D eigenvalue weighted by atomic mass is 19.1. The van der Waals surface area contributed by atoms with E-state index in [9.17, 15) is 14.0 Å². The van der Waals surface area contributed by atoms with Crippen molar-refractivity contribution in [1.29, 1.82) is 0 Å². The SMILES string of the molecule is CN(C)C(=O)C1CC(=O)N(C2CN(Cc3cc4c(F)cccc4[nH]3)C2)C1. The van der Waals surface area contributed by atoms with Crippen LogP contribution in [0.2, 0.25) is 0 Å². The Hall–Kier alpha value is -2.41. The van der Waals surface area contributed by atoms with Gasteiger partial charge in [-0.1, -0.05) is 6.07 Å². The lowest BCUT2D eigenvalue weighted by Gasteiger charge is -2.44. The van der Waals surface area contributed by atoms with Gasteiger partial charge in [-0.25, -0.2) is 4.39 Å². The first-order chi connectivity index (χ1) is 12.4. The smallest absolute Gasteiger partial charge is 0.227 e. The second-order valence-corrected chi connectivity index (χ2v) is 7.52. The summed E-state index contributed by atoms with van der Waals surface area (Å²) in [6.45, 7) is 2.79. The minimum Gasteiger partial charge on any atom is -0.357 e. The van der Waals surface area contributed by atoms with Crippen molar-refractivity contribution in [3.8, 4) is 0 Å². The number of aromatic amines is 1. The van der Waals surface area contributed by atoms with Crippen LogP contribution >= 0.6 is 0 Å². The van der Waals surface area contributed by atoms with Crippen molar-refractivity contribution in [2.75, 3.05) is 33.7 Å². The molecule has 6 nitrogen and oxygen atoms in total. The van der Waals surface area contributed by atoms with Crippen molar-refractivity contribution in [2.24, 2.45) is 5.92 Å². The number of halogens is 1. The van der Waals surface area contributed by atoms with Crippen LogP contribution in [0.1, 0.15) is 12.1 Å². The van der Waals surface area contributed by atoms with Crippen LogP contribution in [0.15, 0.2) is 24.3 Å². The summed E-state index contributed by atoms with van der Waals surface area (Å²) in [5.74, 6) is -0.339. The number of H-pyrrole nitrogens is 1. The summed E-state index contributed by atoms with van der Waals surface area (Å²) in [4.78, 5) is 33.2. The Kier molecular flexibility index (Phi) is 4.19. The molecule has 1 atom stereocenters. The molecule has 0 radical (unpaired) electrons. The number of aromatic nitrogens is 1. The fraction of sp³-hybridized carbons (Fsp3) is 0.474. The van der Waals surface area contributed by atoms with Crippen molar-refractivity contribution in [2.45, 2.75) is 19.0 Å². The third-order valence-electron chi connectivity index (χ3n) is 5.39. The van der Waals surface area contributed by atoms with E-state index in [1.807, 2.05) is 17.0 Å². The summed E-state index contributed by atoms with van der Waals surface area (Å²) in [7, 11) is 3.45. The molecule has 2 amide bonds. The molecule has 4 rings (SSSR count). The van der Waals surface area contributed by atoms with Crippen LogP contribution < -0.4 is 0 Å². The number of hydrogen-bond donors (Lipinski definition) is 1. The van der Waals surface area contributed by atoms with Gasteiger partial charge in [0.15, 0.2) is 0 Å². The van der Waals surface area contributed by atoms with Crippen molar-refractivity contribution >= 4 is 22.7 Å². The lowest BCUT2D eigenvalue weighted by Crippen LogP contribution is -2.59. The van der Waals surface area contributed by atoms with Crippen LogP contribution in [0, 0.1) is 11.7 Å². The number of likely N-dealkylation sites (tertiary alicyclic amines) is 2. The van der Waals surface area contributed by atoms with Crippen LogP contribution in [-0.4, -0.2) is 71.3 Å². The lowest BCUT2D eigenvalue weighted by molar-refractivity contribution is -0.134. The summed E-state index contributed by atoms with van der Waals surface area (Å²) in [5, 5.41) is 0.610. The molecular weight excluding hydrogens is 335 g/mol. The Balaban J connectivity index is 1.34. The van der Waals surface area contributed by atoms with Crippen LogP contribution in [0.4, 0.5) is 4.39 Å². The molecule has 2 fully saturated rings. The van der Waals surface area contributed by atoms with Crippen LogP contribution in [-0.2, 0) is 16.1 Å². The third-order valence-corrected chi connectivity index (χ3v) is 5.39. The molecular formula is C19H23FN4O2. The van der Waals surface area contributed by atoms with Gasteiger partial charge in [0.05, 0.1) is 12.0 Å². The van der Waals surface area contributed by atoms with E-state index >= 15 is 0 Å². The van der Waals surface area contributed by atoms with Crippen molar-refractivity contribution < 1.29 is 14.0 Å². The van der Waals surface area contributed by atoms with Gasteiger partial charge in [0, 0.05) is 63.3 Å². The van der Waals surface area contributed by atoms with E-state index in [2.05, 4.69) is 9.88 Å². The molecule has 26 heavy (non-hydrogen) atoms. The van der Waals surface area contributed by atoms with E-state index in [1.165, 1.54) is 6.07 Å². The number of fused-ring (bicyclic) bond motifs is 1. The summed E-state index contributed by atoms with van der Waals surface area (Å²) in [6, 6.07) is 7.05. The number of carbonyl (C=O) groups is 2. The molecule has 1 unspecified atom stereocenters. The molecule has 2 aliphatic heterocycles. The summed E-state index contributed by atoms with van der Waals surface area (Å²) in [6.07, 6.45) is 0.314. The fourth-order valence-corrected chi connectivity index (χ4v) is 3.99. The molecule has 3 heterocycles. The van der Waals surface area contributed by atoms with Crippen LogP contribution in [0.5, 0.6) is 0 Å². The predicted octanol–water partition coefficient (Wildman–Crippen LogP) is 1.43. The number of carbonyl (C=O) groups excluding carboxylic acids is 2. The standard InChI is InChI=1S/C19H23FN4O2/c1-22(2)19(26)12-6-18(25)24(8-12)14-10-23(11-14)9-13-7-15-16(20)4-3-5-17(15)21-13/h3-5,7,12,14,21H,6,8-11H2,1-2H3. The third kappa shape index (κ3) is 2.96. The summed E-state index contributed by atoms with van der Waals surface area (Å²) < 4.78 is 13.8. The Labute approximate surface area is 151 Å². The van der Waals surface area contributed by atoms with Gasteiger partial charge in [0.2, 0.25) is 11.8 Å². The molecule has 2 aromatic rings. The average Bonchev–Trinajstić information content (AvgIpc) is 3.14. The highest BCUT2D eigenvalue weighted by molar-refractivity contribution is 5.89. The second kappa shape index (κ2) is 6.39. The minimum atomic E-state index is -0.219. The monoisotopic (exact) mass is 358 g/mol. The van der Waals surface area contributed by atoms with E-state index in [-0.39, 0.29) is 29.6 Å². The second-order valence-electron chi connectivity index (χ2n) is 7.52. The zero-order chi connectivity index (χ0) is 18.4. The number of nitrogens with zero attached hydrogens (tertiary/aromatic N) is 3. The first-order valence-electron chi connectivity index (χ1n) is 8.91. The molecule has 0 spiro atoms. The number of hydrogen-bond acceptors (Lipinski definition) is 3. The Morgan fingerprint density at radius 3 is 2.77 bits per heavy atom. The fourth-order valence-electron chi connectivity index (χ4n) is 3.99. The van der Waals surface area contributed by atoms with Gasteiger partial charge in [-0.15, -0.1) is 0 Å². The Bertz CT molecular complexity index is 856. The minimum absolute atomic E-state index is 0.0251. The molecule has 0 bridgehead atoms. The molecule has 2 aliphatic rings. The Morgan fingerprint density at radius 2 is 2.08 bits per heavy atom. The van der Waals surface area contributed by atoms with Crippen LogP contribution in [0.25, 0.3) is 10.9 Å². The molecule has 7 heteroatoms. The van der Waals surface area contributed by atoms with E-state index in [0.29, 0.717) is 24.9 Å². The van der Waals surface area contributed by atoms with E-state index in [0.717, 1.165) is 24.3 Å². The first kappa shape index (κ1) is 17.0. The van der Waals surface area contributed by atoms with E-state index < -0.39 is 0 Å². The lowest BCUT2D eigenvalue weighted by atomic mass is 10.1. The average molecular weight is 358 g/mol. The van der Waals surface area contributed by atoms with Gasteiger partial charge in [0.1, 0.15) is 5.82 Å². The van der Waals surface area contributed by atoms with Gasteiger partial charge in [-0.3, -0.25) is 14.5 Å². The number of amides is 2. The molecule has 2 saturated heterocycles. The predicted molar refractivity (Wildman–Crippen MR) is 95.8 cm³/mol. The largest absolute Gasteiger partial charge is 0.357 e. The molecule has 1 aromatic heterocycles. The molecule has 0 saturated carbocycles. The van der Waals surface area contributed by atoms with Gasteiger partial charge >= 0.3 is 0 Å². The van der Waals surface area contributed by atoms with Crippen molar-refractivity contribution in [3.05, 3.63) is 35.8 Å². The van der Waals surface area contributed by atoms with E-state index in [4.69, 9.17) is 0 Å². The van der Waals surface area contributed by atoms with E-state index in [1.54, 1.807) is 25.1 Å². The van der Waals surface area contributed by atoms with Crippen molar-refractivity contribution in [1.82, 2.24) is 19.7 Å². The summed E-state index contributed by atoms with van der Waals surface area (Å²) in [5.41, 5.74) is 1.77. The number of benzene rings is 1. The zero-order valence-electron chi connectivity index (χ0n) is 15.0.